The topological polar surface area (TPSA) is 54.9 Å². The zero-order chi connectivity index (χ0) is 13.3. The van der Waals surface area contributed by atoms with Gasteiger partial charge < -0.3 is 5.32 Å². The van der Waals surface area contributed by atoms with Gasteiger partial charge in [0.15, 0.2) is 0 Å². The number of nitrogens with one attached hydrogen (secondary N) is 1. The van der Waals surface area contributed by atoms with Crippen LogP contribution in [0.3, 0.4) is 0 Å². The maximum absolute atomic E-state index is 12.2. The monoisotopic (exact) mass is 247 g/mol. The van der Waals surface area contributed by atoms with Crippen LogP contribution in [0.15, 0.2) is 6.07 Å². The van der Waals surface area contributed by atoms with Gasteiger partial charge in [-0.2, -0.15) is 10.2 Å². The van der Waals surface area contributed by atoms with Crippen molar-refractivity contribution in [3.8, 4) is 0 Å². The summed E-state index contributed by atoms with van der Waals surface area (Å²) in [5.74, 6) is -0.0202. The molecule has 0 aliphatic heterocycles. The van der Waals surface area contributed by atoms with Crippen LogP contribution in [0.5, 0.6) is 0 Å². The molecule has 1 saturated carbocycles. The third-order valence-electron chi connectivity index (χ3n) is 3.65. The first-order valence-corrected chi connectivity index (χ1v) is 6.49. The van der Waals surface area contributed by atoms with Gasteiger partial charge in [-0.1, -0.05) is 13.8 Å². The van der Waals surface area contributed by atoms with Crippen molar-refractivity contribution in [2.75, 3.05) is 0 Å². The van der Waals surface area contributed by atoms with Crippen molar-refractivity contribution in [1.82, 2.24) is 15.5 Å². The molecule has 1 amide bonds. The number of aromatic nitrogens is 2. The number of carbonyl (C=O) groups is 1. The van der Waals surface area contributed by atoms with Gasteiger partial charge in [-0.3, -0.25) is 4.79 Å². The largest absolute Gasteiger partial charge is 0.349 e. The van der Waals surface area contributed by atoms with Gasteiger partial charge in [0, 0.05) is 6.04 Å². The molecule has 1 N–H and O–H groups in total. The molecule has 1 heterocycles. The Morgan fingerprint density at radius 1 is 1.39 bits per heavy atom. The molecular weight excluding hydrogens is 226 g/mol. The lowest BCUT2D eigenvalue weighted by Crippen LogP contribution is -2.34. The Balaban J connectivity index is 2.06. The van der Waals surface area contributed by atoms with Crippen molar-refractivity contribution in [3.63, 3.8) is 0 Å². The van der Waals surface area contributed by atoms with Crippen LogP contribution in [0.2, 0.25) is 0 Å². The average molecular weight is 247 g/mol. The molecule has 1 fully saturated rings. The van der Waals surface area contributed by atoms with Crippen LogP contribution in [0, 0.1) is 19.3 Å². The first kappa shape index (κ1) is 13.0. The molecule has 0 spiro atoms. The molecule has 1 aromatic rings. The van der Waals surface area contributed by atoms with Crippen LogP contribution in [0.4, 0.5) is 0 Å². The minimum Gasteiger partial charge on any atom is -0.349 e. The maximum Gasteiger partial charge on any atom is 0.253 e. The highest BCUT2D eigenvalue weighted by molar-refractivity contribution is 5.95. The average Bonchev–Trinajstić information content (AvgIpc) is 2.61. The number of hydrogen-bond donors (Lipinski definition) is 1. The molecule has 4 heteroatoms. The van der Waals surface area contributed by atoms with Gasteiger partial charge in [0.25, 0.3) is 5.91 Å². The van der Waals surface area contributed by atoms with E-state index in [-0.39, 0.29) is 5.91 Å². The van der Waals surface area contributed by atoms with Crippen molar-refractivity contribution >= 4 is 5.91 Å². The fourth-order valence-electron chi connectivity index (χ4n) is 2.60. The summed E-state index contributed by atoms with van der Waals surface area (Å²) >= 11 is 0. The van der Waals surface area contributed by atoms with Crippen LogP contribution in [-0.4, -0.2) is 22.1 Å². The highest BCUT2D eigenvalue weighted by Gasteiger charge is 2.32. The number of rotatable bonds is 2. The van der Waals surface area contributed by atoms with Gasteiger partial charge in [-0.25, -0.2) is 0 Å². The molecule has 0 aromatic carbocycles. The lowest BCUT2D eigenvalue weighted by Gasteiger charge is -2.18. The van der Waals surface area contributed by atoms with Crippen molar-refractivity contribution in [2.24, 2.45) is 5.41 Å². The number of carbonyl (C=O) groups excluding carboxylic acids is 1. The van der Waals surface area contributed by atoms with Crippen LogP contribution in [-0.2, 0) is 0 Å². The van der Waals surface area contributed by atoms with Gasteiger partial charge in [0.1, 0.15) is 0 Å². The molecule has 1 aromatic heterocycles. The Hall–Kier alpha value is -1.45. The number of aryl methyl sites for hydroxylation is 2. The maximum atomic E-state index is 12.2. The Morgan fingerprint density at radius 3 is 2.72 bits per heavy atom. The van der Waals surface area contributed by atoms with E-state index in [2.05, 4.69) is 29.4 Å². The smallest absolute Gasteiger partial charge is 0.253 e. The van der Waals surface area contributed by atoms with E-state index in [4.69, 9.17) is 0 Å². The second kappa shape index (κ2) is 4.67. The lowest BCUT2D eigenvalue weighted by atomic mass is 9.92. The van der Waals surface area contributed by atoms with Crippen molar-refractivity contribution in [2.45, 2.75) is 53.0 Å². The predicted octanol–water partition coefficient (Wildman–Crippen LogP) is 2.40. The summed E-state index contributed by atoms with van der Waals surface area (Å²) in [6, 6.07) is 2.10. The van der Waals surface area contributed by atoms with Gasteiger partial charge in [0.05, 0.1) is 17.0 Å². The lowest BCUT2D eigenvalue weighted by molar-refractivity contribution is 0.0934. The van der Waals surface area contributed by atoms with Crippen LogP contribution in [0.1, 0.15) is 54.9 Å². The van der Waals surface area contributed by atoms with Gasteiger partial charge in [-0.05, 0) is 44.6 Å². The Kier molecular flexibility index (Phi) is 3.37. The minimum absolute atomic E-state index is 0.0202. The SMILES string of the molecule is Cc1cc(C(=O)NC2CCC(C)(C)C2)c(C)nn1. The van der Waals surface area contributed by atoms with E-state index >= 15 is 0 Å². The zero-order valence-corrected chi connectivity index (χ0v) is 11.6. The summed E-state index contributed by atoms with van der Waals surface area (Å²) in [4.78, 5) is 12.2. The molecule has 0 bridgehead atoms. The first-order valence-electron chi connectivity index (χ1n) is 6.49. The van der Waals surface area contributed by atoms with Gasteiger partial charge >= 0.3 is 0 Å². The van der Waals surface area contributed by atoms with E-state index in [1.54, 1.807) is 6.07 Å². The standard InChI is InChI=1S/C14H21N3O/c1-9-7-12(10(2)17-16-9)13(18)15-11-5-6-14(3,4)8-11/h7,11H,5-6,8H2,1-4H3,(H,15,18). The van der Waals surface area contributed by atoms with Crippen LogP contribution < -0.4 is 5.32 Å². The second-order valence-corrected chi connectivity index (χ2v) is 6.06. The summed E-state index contributed by atoms with van der Waals surface area (Å²) in [6.07, 6.45) is 3.29. The number of nitrogens with zero attached hydrogens (tertiary/aromatic N) is 2. The molecular formula is C14H21N3O. The Bertz CT molecular complexity index is 468. The molecule has 0 saturated heterocycles. The van der Waals surface area contributed by atoms with E-state index in [9.17, 15) is 4.79 Å². The number of amides is 1. The highest BCUT2D eigenvalue weighted by atomic mass is 16.1. The molecule has 0 radical (unpaired) electrons. The zero-order valence-electron chi connectivity index (χ0n) is 11.6. The van der Waals surface area contributed by atoms with Crippen molar-refractivity contribution in [1.29, 1.82) is 0 Å². The molecule has 1 unspecified atom stereocenters. The third-order valence-corrected chi connectivity index (χ3v) is 3.65. The van der Waals surface area contributed by atoms with Gasteiger partial charge in [-0.15, -0.1) is 0 Å². The summed E-state index contributed by atoms with van der Waals surface area (Å²) in [7, 11) is 0. The summed E-state index contributed by atoms with van der Waals surface area (Å²) < 4.78 is 0. The Morgan fingerprint density at radius 2 is 2.11 bits per heavy atom. The highest BCUT2D eigenvalue weighted by Crippen LogP contribution is 2.36. The summed E-state index contributed by atoms with van der Waals surface area (Å²) in [6.45, 7) is 8.17. The summed E-state index contributed by atoms with van der Waals surface area (Å²) in [5, 5.41) is 11.1. The van der Waals surface area contributed by atoms with E-state index in [0.29, 0.717) is 22.7 Å². The van der Waals surface area contributed by atoms with Crippen molar-refractivity contribution in [3.05, 3.63) is 23.0 Å². The van der Waals surface area contributed by atoms with Gasteiger partial charge in [0.2, 0.25) is 0 Å². The minimum atomic E-state index is -0.0202. The Labute approximate surface area is 108 Å². The molecule has 1 atom stereocenters. The summed E-state index contributed by atoms with van der Waals surface area (Å²) in [5.41, 5.74) is 2.46. The molecule has 98 valence electrons. The second-order valence-electron chi connectivity index (χ2n) is 6.06. The number of hydrogen-bond acceptors (Lipinski definition) is 3. The molecule has 2 rings (SSSR count). The fraction of sp³-hybridized carbons (Fsp3) is 0.643. The van der Waals surface area contributed by atoms with E-state index in [0.717, 1.165) is 18.5 Å². The van der Waals surface area contributed by atoms with E-state index < -0.39 is 0 Å². The van der Waals surface area contributed by atoms with Crippen LogP contribution in [0.25, 0.3) is 0 Å². The quantitative estimate of drug-likeness (QED) is 0.873. The normalized spacial score (nSPS) is 21.9. The van der Waals surface area contributed by atoms with E-state index in [1.807, 2.05) is 13.8 Å². The molecule has 1 aliphatic rings. The third kappa shape index (κ3) is 2.86. The molecule has 1 aliphatic carbocycles. The predicted molar refractivity (Wildman–Crippen MR) is 70.4 cm³/mol. The first-order chi connectivity index (χ1) is 8.37. The van der Waals surface area contributed by atoms with Crippen LogP contribution >= 0.6 is 0 Å². The fourth-order valence-corrected chi connectivity index (χ4v) is 2.60. The molecule has 18 heavy (non-hydrogen) atoms. The van der Waals surface area contributed by atoms with E-state index in [1.165, 1.54) is 6.42 Å². The molecule has 4 nitrogen and oxygen atoms in total. The van der Waals surface area contributed by atoms with Crippen molar-refractivity contribution < 1.29 is 4.79 Å².